The molecule has 1 aliphatic carbocycles. The van der Waals surface area contributed by atoms with Gasteiger partial charge < -0.3 is 14.8 Å². The lowest BCUT2D eigenvalue weighted by Gasteiger charge is -2.52. The molecule has 2 atom stereocenters. The van der Waals surface area contributed by atoms with Gasteiger partial charge >= 0.3 is 0 Å². The Kier molecular flexibility index (Phi) is 4.41. The van der Waals surface area contributed by atoms with E-state index in [1.165, 1.54) is 0 Å². The fraction of sp³-hybridized carbons (Fsp3) is 0.600. The standard InChI is InChI=1S/C15H22BrNO2/c1-5-19-14-9-13(15(14,2)3)17-11-8-10(16)6-7-12(11)18-4/h6-8,13-14,17H,5,9H2,1-4H3. The molecule has 4 heteroatoms. The van der Waals surface area contributed by atoms with Crippen LogP contribution in [0.1, 0.15) is 27.2 Å². The van der Waals surface area contributed by atoms with Gasteiger partial charge in [0.05, 0.1) is 18.9 Å². The molecule has 0 amide bonds. The summed E-state index contributed by atoms with van der Waals surface area (Å²) >= 11 is 3.50. The summed E-state index contributed by atoms with van der Waals surface area (Å²) in [5.74, 6) is 0.874. The summed E-state index contributed by atoms with van der Waals surface area (Å²) in [6, 6.07) is 6.42. The van der Waals surface area contributed by atoms with Crippen LogP contribution in [0.2, 0.25) is 0 Å². The maximum atomic E-state index is 5.76. The van der Waals surface area contributed by atoms with E-state index < -0.39 is 0 Å². The molecule has 1 aliphatic rings. The number of rotatable bonds is 5. The van der Waals surface area contributed by atoms with Crippen LogP contribution >= 0.6 is 15.9 Å². The lowest BCUT2D eigenvalue weighted by molar-refractivity contribution is -0.0976. The molecule has 1 fully saturated rings. The fourth-order valence-corrected chi connectivity index (χ4v) is 2.96. The molecule has 0 aromatic heterocycles. The van der Waals surface area contributed by atoms with Gasteiger partial charge in [-0.1, -0.05) is 29.8 Å². The molecular weight excluding hydrogens is 306 g/mol. The van der Waals surface area contributed by atoms with Crippen molar-refractivity contribution in [3.8, 4) is 5.75 Å². The van der Waals surface area contributed by atoms with Gasteiger partial charge in [0.25, 0.3) is 0 Å². The number of benzene rings is 1. The van der Waals surface area contributed by atoms with E-state index in [2.05, 4.69) is 41.2 Å². The van der Waals surface area contributed by atoms with E-state index in [1.54, 1.807) is 7.11 Å². The summed E-state index contributed by atoms with van der Waals surface area (Å²) in [6.45, 7) is 7.33. The van der Waals surface area contributed by atoms with Crippen molar-refractivity contribution >= 4 is 21.6 Å². The lowest BCUT2D eigenvalue weighted by Crippen LogP contribution is -2.58. The van der Waals surface area contributed by atoms with E-state index >= 15 is 0 Å². The van der Waals surface area contributed by atoms with Crippen LogP contribution in [0.25, 0.3) is 0 Å². The van der Waals surface area contributed by atoms with Gasteiger partial charge in [0.15, 0.2) is 0 Å². The first-order valence-corrected chi connectivity index (χ1v) is 7.50. The molecule has 2 unspecified atom stereocenters. The van der Waals surface area contributed by atoms with E-state index in [-0.39, 0.29) is 5.41 Å². The highest BCUT2D eigenvalue weighted by Gasteiger charge is 2.49. The normalized spacial score (nSPS) is 24.7. The van der Waals surface area contributed by atoms with Crippen molar-refractivity contribution in [1.82, 2.24) is 0 Å². The first-order chi connectivity index (χ1) is 8.98. The predicted molar refractivity (Wildman–Crippen MR) is 81.9 cm³/mol. The lowest BCUT2D eigenvalue weighted by atomic mass is 9.64. The van der Waals surface area contributed by atoms with Crippen molar-refractivity contribution in [2.75, 3.05) is 19.0 Å². The topological polar surface area (TPSA) is 30.5 Å². The minimum atomic E-state index is 0.142. The summed E-state index contributed by atoms with van der Waals surface area (Å²) in [7, 11) is 1.70. The zero-order valence-electron chi connectivity index (χ0n) is 12.0. The van der Waals surface area contributed by atoms with Crippen LogP contribution in [0.5, 0.6) is 5.75 Å². The van der Waals surface area contributed by atoms with Gasteiger partial charge in [0.2, 0.25) is 0 Å². The van der Waals surface area contributed by atoms with Crippen molar-refractivity contribution in [2.45, 2.75) is 39.3 Å². The number of methoxy groups -OCH3 is 1. The van der Waals surface area contributed by atoms with Gasteiger partial charge in [-0.25, -0.2) is 0 Å². The minimum absolute atomic E-state index is 0.142. The van der Waals surface area contributed by atoms with Crippen molar-refractivity contribution in [3.63, 3.8) is 0 Å². The smallest absolute Gasteiger partial charge is 0.142 e. The predicted octanol–water partition coefficient (Wildman–Crippen LogP) is 4.07. The molecule has 0 spiro atoms. The molecule has 1 aromatic rings. The van der Waals surface area contributed by atoms with Crippen LogP contribution in [0.4, 0.5) is 5.69 Å². The third-order valence-corrected chi connectivity index (χ3v) is 4.53. The quantitative estimate of drug-likeness (QED) is 0.884. The van der Waals surface area contributed by atoms with Crippen LogP contribution in [-0.4, -0.2) is 25.9 Å². The second-order valence-electron chi connectivity index (χ2n) is 5.54. The van der Waals surface area contributed by atoms with Gasteiger partial charge in [-0.05, 0) is 31.5 Å². The maximum absolute atomic E-state index is 5.76. The molecule has 0 bridgehead atoms. The van der Waals surface area contributed by atoms with E-state index in [0.29, 0.717) is 12.1 Å². The molecule has 106 valence electrons. The molecule has 2 rings (SSSR count). The van der Waals surface area contributed by atoms with E-state index in [1.807, 2.05) is 19.1 Å². The number of anilines is 1. The highest BCUT2D eigenvalue weighted by Crippen LogP contribution is 2.45. The van der Waals surface area contributed by atoms with Gasteiger partial charge in [0.1, 0.15) is 5.75 Å². The van der Waals surface area contributed by atoms with Gasteiger partial charge in [-0.2, -0.15) is 0 Å². The molecule has 19 heavy (non-hydrogen) atoms. The Balaban J connectivity index is 2.09. The summed E-state index contributed by atoms with van der Waals surface area (Å²) in [6.07, 6.45) is 1.38. The van der Waals surface area contributed by atoms with Crippen LogP contribution in [-0.2, 0) is 4.74 Å². The fourth-order valence-electron chi connectivity index (χ4n) is 2.60. The van der Waals surface area contributed by atoms with E-state index in [0.717, 1.165) is 28.9 Å². The molecule has 0 saturated heterocycles. The van der Waals surface area contributed by atoms with Crippen molar-refractivity contribution < 1.29 is 9.47 Å². The largest absolute Gasteiger partial charge is 0.495 e. The first kappa shape index (κ1) is 14.7. The maximum Gasteiger partial charge on any atom is 0.142 e. The Bertz CT molecular complexity index is 448. The SMILES string of the molecule is CCOC1CC(Nc2cc(Br)ccc2OC)C1(C)C. The highest BCUT2D eigenvalue weighted by molar-refractivity contribution is 9.10. The van der Waals surface area contributed by atoms with Crippen LogP contribution in [0.3, 0.4) is 0 Å². The third-order valence-electron chi connectivity index (χ3n) is 4.04. The third kappa shape index (κ3) is 2.90. The molecule has 3 nitrogen and oxygen atoms in total. The van der Waals surface area contributed by atoms with Crippen molar-refractivity contribution in [1.29, 1.82) is 0 Å². The van der Waals surface area contributed by atoms with Gasteiger partial charge in [-0.3, -0.25) is 0 Å². The first-order valence-electron chi connectivity index (χ1n) is 6.70. The Hall–Kier alpha value is -0.740. The van der Waals surface area contributed by atoms with Crippen LogP contribution in [0, 0.1) is 5.41 Å². The van der Waals surface area contributed by atoms with Gasteiger partial charge in [-0.15, -0.1) is 0 Å². The van der Waals surface area contributed by atoms with Crippen LogP contribution in [0.15, 0.2) is 22.7 Å². The number of ether oxygens (including phenoxy) is 2. The molecule has 1 aromatic carbocycles. The average Bonchev–Trinajstić information content (AvgIpc) is 2.38. The Labute approximate surface area is 123 Å². The highest BCUT2D eigenvalue weighted by atomic mass is 79.9. The Morgan fingerprint density at radius 3 is 2.74 bits per heavy atom. The summed E-state index contributed by atoms with van der Waals surface area (Å²) in [5, 5.41) is 3.58. The molecule has 0 heterocycles. The number of halogens is 1. The number of nitrogens with one attached hydrogen (secondary N) is 1. The van der Waals surface area contributed by atoms with Crippen molar-refractivity contribution in [3.05, 3.63) is 22.7 Å². The number of hydrogen-bond donors (Lipinski definition) is 1. The zero-order chi connectivity index (χ0) is 14.0. The average molecular weight is 328 g/mol. The second kappa shape index (κ2) is 5.71. The van der Waals surface area contributed by atoms with Crippen molar-refractivity contribution in [2.24, 2.45) is 5.41 Å². The Morgan fingerprint density at radius 1 is 1.42 bits per heavy atom. The monoisotopic (exact) mass is 327 g/mol. The zero-order valence-corrected chi connectivity index (χ0v) is 13.6. The minimum Gasteiger partial charge on any atom is -0.495 e. The van der Waals surface area contributed by atoms with E-state index in [4.69, 9.17) is 9.47 Å². The summed E-state index contributed by atoms with van der Waals surface area (Å²) < 4.78 is 12.2. The second-order valence-corrected chi connectivity index (χ2v) is 6.46. The molecule has 1 saturated carbocycles. The Morgan fingerprint density at radius 2 is 2.16 bits per heavy atom. The van der Waals surface area contributed by atoms with E-state index in [9.17, 15) is 0 Å². The number of hydrogen-bond acceptors (Lipinski definition) is 3. The molecule has 0 radical (unpaired) electrons. The molecule has 0 aliphatic heterocycles. The van der Waals surface area contributed by atoms with Crippen LogP contribution < -0.4 is 10.1 Å². The summed E-state index contributed by atoms with van der Waals surface area (Å²) in [4.78, 5) is 0. The van der Waals surface area contributed by atoms with Gasteiger partial charge in [0, 0.05) is 22.5 Å². The molecule has 1 N–H and O–H groups in total. The summed E-state index contributed by atoms with van der Waals surface area (Å²) in [5.41, 5.74) is 1.17. The molecular formula is C15H22BrNO2.